The fourth-order valence-corrected chi connectivity index (χ4v) is 3.40. The number of amides is 1. The lowest BCUT2D eigenvalue weighted by Crippen LogP contribution is -2.24. The van der Waals surface area contributed by atoms with E-state index in [1.807, 2.05) is 53.3 Å². The van der Waals surface area contributed by atoms with Crippen molar-refractivity contribution in [3.8, 4) is 22.8 Å². The normalized spacial score (nSPS) is 10.8. The first-order chi connectivity index (χ1) is 14.6. The number of para-hydroxylation sites is 1. The molecule has 3 heterocycles. The summed E-state index contributed by atoms with van der Waals surface area (Å²) in [7, 11) is 3.27. The lowest BCUT2D eigenvalue weighted by atomic mass is 10.1. The highest BCUT2D eigenvalue weighted by molar-refractivity contribution is 5.97. The molecule has 4 rings (SSSR count). The minimum Gasteiger partial charge on any atom is -0.481 e. The predicted octanol–water partition coefficient (Wildman–Crippen LogP) is 2.91. The SMILES string of the molecule is COc1c(C(=O)NCc2cn(-c3ccccc3)nc2-c2ccncc2)c(C)nn1C. The first-order valence-electron chi connectivity index (χ1n) is 9.48. The summed E-state index contributed by atoms with van der Waals surface area (Å²) in [5, 5.41) is 12.0. The van der Waals surface area contributed by atoms with Gasteiger partial charge in [-0.3, -0.25) is 9.78 Å². The number of aromatic nitrogens is 5. The summed E-state index contributed by atoms with van der Waals surface area (Å²) in [4.78, 5) is 17.0. The summed E-state index contributed by atoms with van der Waals surface area (Å²) in [6.45, 7) is 2.09. The largest absolute Gasteiger partial charge is 0.481 e. The lowest BCUT2D eigenvalue weighted by molar-refractivity contribution is 0.0947. The van der Waals surface area contributed by atoms with Gasteiger partial charge in [0, 0.05) is 43.3 Å². The Balaban J connectivity index is 1.65. The molecule has 1 N–H and O–H groups in total. The van der Waals surface area contributed by atoms with Crippen LogP contribution in [-0.4, -0.2) is 37.6 Å². The molecule has 0 spiro atoms. The fourth-order valence-electron chi connectivity index (χ4n) is 3.40. The maximum absolute atomic E-state index is 12.9. The van der Waals surface area contributed by atoms with Crippen molar-refractivity contribution in [2.24, 2.45) is 7.05 Å². The quantitative estimate of drug-likeness (QED) is 0.536. The van der Waals surface area contributed by atoms with Crippen molar-refractivity contribution in [1.82, 2.24) is 29.9 Å². The molecule has 3 aromatic heterocycles. The number of pyridine rings is 1. The molecule has 0 fully saturated rings. The molecule has 0 aliphatic carbocycles. The first-order valence-corrected chi connectivity index (χ1v) is 9.48. The number of benzene rings is 1. The average molecular weight is 402 g/mol. The molecule has 4 aromatic rings. The molecule has 0 aliphatic rings. The number of methoxy groups -OCH3 is 1. The summed E-state index contributed by atoms with van der Waals surface area (Å²) in [6.07, 6.45) is 5.38. The minimum absolute atomic E-state index is 0.245. The van der Waals surface area contributed by atoms with Crippen LogP contribution in [0.1, 0.15) is 21.6 Å². The van der Waals surface area contributed by atoms with Gasteiger partial charge in [-0.15, -0.1) is 0 Å². The number of rotatable bonds is 6. The lowest BCUT2D eigenvalue weighted by Gasteiger charge is -2.07. The third kappa shape index (κ3) is 3.67. The standard InChI is InChI=1S/C22H22N6O2/c1-15-19(22(30-3)27(2)25-15)21(29)24-13-17-14-28(18-7-5-4-6-8-18)26-20(17)16-9-11-23-12-10-16/h4-12,14H,13H2,1-3H3,(H,24,29). The van der Waals surface area contributed by atoms with Crippen molar-refractivity contribution in [1.29, 1.82) is 0 Å². The molecule has 30 heavy (non-hydrogen) atoms. The van der Waals surface area contributed by atoms with E-state index in [1.165, 1.54) is 7.11 Å². The van der Waals surface area contributed by atoms with Gasteiger partial charge in [0.05, 0.1) is 24.2 Å². The third-order valence-corrected chi connectivity index (χ3v) is 4.79. The number of nitrogens with zero attached hydrogens (tertiary/aromatic N) is 5. The zero-order chi connectivity index (χ0) is 21.1. The van der Waals surface area contributed by atoms with Crippen molar-refractivity contribution < 1.29 is 9.53 Å². The number of carbonyl (C=O) groups is 1. The molecule has 0 bridgehead atoms. The van der Waals surface area contributed by atoms with Gasteiger partial charge in [0.25, 0.3) is 5.91 Å². The van der Waals surface area contributed by atoms with E-state index in [2.05, 4.69) is 15.4 Å². The van der Waals surface area contributed by atoms with Crippen LogP contribution >= 0.6 is 0 Å². The Morgan fingerprint density at radius 3 is 2.53 bits per heavy atom. The van der Waals surface area contributed by atoms with Crippen LogP contribution in [0.25, 0.3) is 16.9 Å². The fraction of sp³-hybridized carbons (Fsp3) is 0.182. The topological polar surface area (TPSA) is 86.9 Å². The van der Waals surface area contributed by atoms with E-state index in [0.717, 1.165) is 22.5 Å². The summed E-state index contributed by atoms with van der Waals surface area (Å²) in [6, 6.07) is 13.6. The minimum atomic E-state index is -0.245. The zero-order valence-corrected chi connectivity index (χ0v) is 17.0. The second-order valence-electron chi connectivity index (χ2n) is 6.79. The number of carbonyl (C=O) groups excluding carboxylic acids is 1. The molecule has 0 unspecified atom stereocenters. The van der Waals surface area contributed by atoms with E-state index in [-0.39, 0.29) is 5.91 Å². The van der Waals surface area contributed by atoms with Crippen molar-refractivity contribution >= 4 is 5.91 Å². The van der Waals surface area contributed by atoms with Crippen molar-refractivity contribution in [2.45, 2.75) is 13.5 Å². The van der Waals surface area contributed by atoms with Crippen LogP contribution in [0.15, 0.2) is 61.1 Å². The molecule has 8 nitrogen and oxygen atoms in total. The van der Waals surface area contributed by atoms with Gasteiger partial charge in [-0.2, -0.15) is 10.2 Å². The van der Waals surface area contributed by atoms with Gasteiger partial charge < -0.3 is 10.1 Å². The molecule has 0 saturated heterocycles. The highest BCUT2D eigenvalue weighted by Crippen LogP contribution is 2.24. The maximum atomic E-state index is 12.9. The highest BCUT2D eigenvalue weighted by Gasteiger charge is 2.22. The smallest absolute Gasteiger partial charge is 0.258 e. The highest BCUT2D eigenvalue weighted by atomic mass is 16.5. The second-order valence-corrected chi connectivity index (χ2v) is 6.79. The maximum Gasteiger partial charge on any atom is 0.258 e. The van der Waals surface area contributed by atoms with E-state index in [0.29, 0.717) is 23.7 Å². The van der Waals surface area contributed by atoms with Crippen LogP contribution in [0, 0.1) is 6.92 Å². The molecule has 0 aliphatic heterocycles. The summed E-state index contributed by atoms with van der Waals surface area (Å²) in [5.41, 5.74) is 4.59. The second kappa shape index (κ2) is 8.20. The molecule has 0 saturated carbocycles. The van der Waals surface area contributed by atoms with Crippen LogP contribution in [0.4, 0.5) is 0 Å². The molecule has 1 aromatic carbocycles. The van der Waals surface area contributed by atoms with Gasteiger partial charge in [-0.25, -0.2) is 9.36 Å². The molecular weight excluding hydrogens is 380 g/mol. The van der Waals surface area contributed by atoms with Crippen LogP contribution in [-0.2, 0) is 13.6 Å². The van der Waals surface area contributed by atoms with Gasteiger partial charge in [0.15, 0.2) is 0 Å². The van der Waals surface area contributed by atoms with Gasteiger partial charge in [-0.1, -0.05) is 18.2 Å². The van der Waals surface area contributed by atoms with Gasteiger partial charge in [0.2, 0.25) is 5.88 Å². The van der Waals surface area contributed by atoms with Crippen LogP contribution in [0.5, 0.6) is 5.88 Å². The van der Waals surface area contributed by atoms with Gasteiger partial charge in [-0.05, 0) is 31.2 Å². The van der Waals surface area contributed by atoms with Gasteiger partial charge >= 0.3 is 0 Å². The van der Waals surface area contributed by atoms with Crippen LogP contribution in [0.3, 0.4) is 0 Å². The summed E-state index contributed by atoms with van der Waals surface area (Å²) < 4.78 is 8.71. The van der Waals surface area contributed by atoms with E-state index < -0.39 is 0 Å². The third-order valence-electron chi connectivity index (χ3n) is 4.79. The Kier molecular flexibility index (Phi) is 5.30. The predicted molar refractivity (Wildman–Crippen MR) is 112 cm³/mol. The van der Waals surface area contributed by atoms with E-state index in [9.17, 15) is 4.79 Å². The number of hydrogen-bond acceptors (Lipinski definition) is 5. The van der Waals surface area contributed by atoms with Crippen molar-refractivity contribution in [2.75, 3.05) is 7.11 Å². The van der Waals surface area contributed by atoms with E-state index >= 15 is 0 Å². The molecular formula is C22H22N6O2. The molecule has 152 valence electrons. The first kappa shape index (κ1) is 19.4. The molecule has 0 atom stereocenters. The molecule has 0 radical (unpaired) electrons. The van der Waals surface area contributed by atoms with Crippen LogP contribution in [0.2, 0.25) is 0 Å². The van der Waals surface area contributed by atoms with Crippen molar-refractivity contribution in [3.05, 3.63) is 77.9 Å². The Morgan fingerprint density at radius 1 is 1.10 bits per heavy atom. The zero-order valence-electron chi connectivity index (χ0n) is 17.0. The van der Waals surface area contributed by atoms with E-state index in [4.69, 9.17) is 9.84 Å². The number of nitrogens with one attached hydrogen (secondary N) is 1. The number of hydrogen-bond donors (Lipinski definition) is 1. The average Bonchev–Trinajstić information content (AvgIpc) is 3.33. The van der Waals surface area contributed by atoms with Crippen molar-refractivity contribution in [3.63, 3.8) is 0 Å². The van der Waals surface area contributed by atoms with Gasteiger partial charge in [0.1, 0.15) is 5.56 Å². The Bertz CT molecular complexity index is 1170. The van der Waals surface area contributed by atoms with E-state index in [1.54, 1.807) is 31.0 Å². The summed E-state index contributed by atoms with van der Waals surface area (Å²) >= 11 is 0. The number of aryl methyl sites for hydroxylation is 2. The molecule has 8 heteroatoms. The number of ether oxygens (including phenoxy) is 1. The Hall–Kier alpha value is -3.94. The van der Waals surface area contributed by atoms with Crippen LogP contribution < -0.4 is 10.1 Å². The Labute approximate surface area is 174 Å². The molecule has 1 amide bonds. The Morgan fingerprint density at radius 2 is 1.83 bits per heavy atom. The summed E-state index contributed by atoms with van der Waals surface area (Å²) in [5.74, 6) is 0.185. The monoisotopic (exact) mass is 402 g/mol.